The molecule has 0 spiro atoms. The molecule has 1 aliphatic heterocycles. The molecule has 1 aromatic heterocycles. The van der Waals surface area contributed by atoms with E-state index < -0.39 is 0 Å². The number of hydrogen-bond acceptors (Lipinski definition) is 6. The summed E-state index contributed by atoms with van der Waals surface area (Å²) in [5.41, 5.74) is 0. The van der Waals surface area contributed by atoms with Gasteiger partial charge in [-0.25, -0.2) is 4.98 Å². The van der Waals surface area contributed by atoms with Crippen molar-refractivity contribution < 1.29 is 0 Å². The molecule has 2 heterocycles. The Hall–Kier alpha value is -1.41. The Bertz CT molecular complexity index is 565. The number of nitrogens with zero attached hydrogens (tertiary/aromatic N) is 6. The van der Waals surface area contributed by atoms with Crippen LogP contribution in [-0.2, 0) is 6.42 Å². The average molecular weight is 410 g/mol. The molecule has 1 fully saturated rings. The van der Waals surface area contributed by atoms with Crippen LogP contribution in [0.4, 0.5) is 5.13 Å². The second kappa shape index (κ2) is 12.9. The van der Waals surface area contributed by atoms with Gasteiger partial charge in [-0.1, -0.05) is 26.2 Å². The zero-order valence-corrected chi connectivity index (χ0v) is 19.1. The summed E-state index contributed by atoms with van der Waals surface area (Å²) in [5.74, 6) is 2.03. The van der Waals surface area contributed by atoms with Gasteiger partial charge in [0.25, 0.3) is 0 Å². The summed E-state index contributed by atoms with van der Waals surface area (Å²) in [4.78, 5) is 16.5. The van der Waals surface area contributed by atoms with Gasteiger partial charge in [0, 0.05) is 57.2 Å². The van der Waals surface area contributed by atoms with Crippen LogP contribution >= 0.6 is 11.5 Å². The van der Waals surface area contributed by atoms with Crippen LogP contribution in [0.1, 0.15) is 51.8 Å². The van der Waals surface area contributed by atoms with E-state index in [1.54, 1.807) is 0 Å². The molecule has 0 aromatic carbocycles. The molecule has 1 aromatic rings. The van der Waals surface area contributed by atoms with E-state index in [4.69, 9.17) is 4.99 Å². The number of hydrogen-bond donors (Lipinski definition) is 1. The third kappa shape index (κ3) is 7.91. The van der Waals surface area contributed by atoms with E-state index in [-0.39, 0.29) is 0 Å². The maximum atomic E-state index is 4.88. The first-order valence-corrected chi connectivity index (χ1v) is 11.7. The highest BCUT2D eigenvalue weighted by molar-refractivity contribution is 7.09. The summed E-state index contributed by atoms with van der Waals surface area (Å²) in [6.45, 7) is 11.2. The highest BCUT2D eigenvalue weighted by atomic mass is 32.1. The van der Waals surface area contributed by atoms with Gasteiger partial charge in [-0.15, -0.1) is 0 Å². The van der Waals surface area contributed by atoms with Crippen LogP contribution < -0.4 is 10.2 Å². The van der Waals surface area contributed by atoms with Gasteiger partial charge in [-0.3, -0.25) is 4.99 Å². The van der Waals surface area contributed by atoms with Crippen LogP contribution in [0.2, 0.25) is 0 Å². The highest BCUT2D eigenvalue weighted by Gasteiger charge is 2.21. The SMILES string of the molecule is CCNC(=NCCCCCCCN(C)C)N1CCN(c2nc(CC)ns2)CC1. The second-order valence-electron chi connectivity index (χ2n) is 7.63. The number of aryl methyl sites for hydroxylation is 1. The lowest BCUT2D eigenvalue weighted by Crippen LogP contribution is -2.52. The van der Waals surface area contributed by atoms with Crippen molar-refractivity contribution in [1.82, 2.24) is 24.5 Å². The van der Waals surface area contributed by atoms with E-state index in [9.17, 15) is 0 Å². The van der Waals surface area contributed by atoms with Crippen molar-refractivity contribution in [3.8, 4) is 0 Å². The van der Waals surface area contributed by atoms with Crippen LogP contribution in [0, 0.1) is 0 Å². The number of rotatable bonds is 11. The lowest BCUT2D eigenvalue weighted by molar-refractivity contribution is 0.372. The molecule has 0 atom stereocenters. The molecule has 2 rings (SSSR count). The summed E-state index contributed by atoms with van der Waals surface area (Å²) >= 11 is 1.52. The van der Waals surface area contributed by atoms with E-state index >= 15 is 0 Å². The fraction of sp³-hybridized carbons (Fsp3) is 0.850. The Balaban J connectivity index is 1.70. The Morgan fingerprint density at radius 2 is 1.79 bits per heavy atom. The van der Waals surface area contributed by atoms with Gasteiger partial charge in [-0.05, 0) is 40.4 Å². The molecule has 7 nitrogen and oxygen atoms in total. The molecule has 0 unspecified atom stereocenters. The first kappa shape index (κ1) is 22.9. The van der Waals surface area contributed by atoms with Gasteiger partial charge in [0.1, 0.15) is 5.82 Å². The second-order valence-corrected chi connectivity index (χ2v) is 8.36. The number of aliphatic imine (C=N–C) groups is 1. The molecule has 160 valence electrons. The highest BCUT2D eigenvalue weighted by Crippen LogP contribution is 2.19. The average Bonchev–Trinajstić information content (AvgIpc) is 3.18. The molecule has 0 radical (unpaired) electrons. The van der Waals surface area contributed by atoms with Gasteiger partial charge in [0.05, 0.1) is 0 Å². The van der Waals surface area contributed by atoms with Crippen LogP contribution in [-0.4, -0.2) is 85.0 Å². The summed E-state index contributed by atoms with van der Waals surface area (Å²) in [6.07, 6.45) is 7.32. The van der Waals surface area contributed by atoms with E-state index in [1.165, 1.54) is 50.2 Å². The van der Waals surface area contributed by atoms with Crippen LogP contribution in [0.15, 0.2) is 4.99 Å². The Kier molecular flexibility index (Phi) is 10.6. The molecule has 0 amide bonds. The minimum absolute atomic E-state index is 0.906. The van der Waals surface area contributed by atoms with Crippen molar-refractivity contribution in [3.63, 3.8) is 0 Å². The molecule has 0 aliphatic carbocycles. The molecule has 8 heteroatoms. The van der Waals surface area contributed by atoms with Crippen molar-refractivity contribution in [2.45, 2.75) is 52.4 Å². The lowest BCUT2D eigenvalue weighted by atomic mass is 10.1. The summed E-state index contributed by atoms with van der Waals surface area (Å²) < 4.78 is 4.42. The minimum Gasteiger partial charge on any atom is -0.357 e. The smallest absolute Gasteiger partial charge is 0.205 e. The molecule has 0 saturated carbocycles. The van der Waals surface area contributed by atoms with Crippen LogP contribution in [0.5, 0.6) is 0 Å². The zero-order chi connectivity index (χ0) is 20.2. The molecule has 1 N–H and O–H groups in total. The van der Waals surface area contributed by atoms with Gasteiger partial charge in [-0.2, -0.15) is 4.37 Å². The maximum absolute atomic E-state index is 4.88. The van der Waals surface area contributed by atoms with Crippen molar-refractivity contribution in [3.05, 3.63) is 5.82 Å². The number of piperazine rings is 1. The van der Waals surface area contributed by atoms with E-state index in [0.717, 1.165) is 62.6 Å². The van der Waals surface area contributed by atoms with Gasteiger partial charge in [0.15, 0.2) is 5.96 Å². The zero-order valence-electron chi connectivity index (χ0n) is 18.3. The molecular formula is C20H39N7S. The normalized spacial score (nSPS) is 15.5. The minimum atomic E-state index is 0.906. The predicted molar refractivity (Wildman–Crippen MR) is 121 cm³/mol. The van der Waals surface area contributed by atoms with Crippen molar-refractivity contribution in [1.29, 1.82) is 0 Å². The number of anilines is 1. The monoisotopic (exact) mass is 409 g/mol. The van der Waals surface area contributed by atoms with Crippen LogP contribution in [0.25, 0.3) is 0 Å². The van der Waals surface area contributed by atoms with E-state index in [2.05, 4.69) is 57.3 Å². The number of nitrogens with one attached hydrogen (secondary N) is 1. The summed E-state index contributed by atoms with van der Waals surface area (Å²) in [5, 5.41) is 4.53. The van der Waals surface area contributed by atoms with Crippen molar-refractivity contribution >= 4 is 22.6 Å². The Morgan fingerprint density at radius 3 is 2.43 bits per heavy atom. The molecule has 0 bridgehead atoms. The fourth-order valence-electron chi connectivity index (χ4n) is 3.31. The third-order valence-electron chi connectivity index (χ3n) is 4.98. The standard InChI is InChI=1S/C20H39N7S/c1-5-18-23-20(28-24-18)27-16-14-26(15-17-27)19(21-6-2)22-12-10-8-7-9-11-13-25(3)4/h5-17H2,1-4H3,(H,21,22). The fourth-order valence-corrected chi connectivity index (χ4v) is 4.11. The van der Waals surface area contributed by atoms with Gasteiger partial charge < -0.3 is 20.0 Å². The lowest BCUT2D eigenvalue weighted by Gasteiger charge is -2.36. The van der Waals surface area contributed by atoms with E-state index in [0.29, 0.717) is 0 Å². The van der Waals surface area contributed by atoms with Crippen molar-refractivity contribution in [2.24, 2.45) is 4.99 Å². The molecule has 1 saturated heterocycles. The Labute approximate surface area is 175 Å². The van der Waals surface area contributed by atoms with Crippen LogP contribution in [0.3, 0.4) is 0 Å². The van der Waals surface area contributed by atoms with Gasteiger partial charge >= 0.3 is 0 Å². The summed E-state index contributed by atoms with van der Waals surface area (Å²) in [6, 6.07) is 0. The number of unbranched alkanes of at least 4 members (excludes halogenated alkanes) is 4. The third-order valence-corrected chi connectivity index (χ3v) is 5.80. The van der Waals surface area contributed by atoms with E-state index in [1.807, 2.05) is 0 Å². The molecule has 28 heavy (non-hydrogen) atoms. The maximum Gasteiger partial charge on any atom is 0.205 e. The Morgan fingerprint density at radius 1 is 1.07 bits per heavy atom. The van der Waals surface area contributed by atoms with Gasteiger partial charge in [0.2, 0.25) is 5.13 Å². The topological polar surface area (TPSA) is 59.9 Å². The molecular weight excluding hydrogens is 370 g/mol. The van der Waals surface area contributed by atoms with Crippen molar-refractivity contribution in [2.75, 3.05) is 64.8 Å². The summed E-state index contributed by atoms with van der Waals surface area (Å²) in [7, 11) is 4.29. The number of guanidine groups is 1. The largest absolute Gasteiger partial charge is 0.357 e. The first-order chi connectivity index (χ1) is 13.6. The quantitative estimate of drug-likeness (QED) is 0.344. The predicted octanol–water partition coefficient (Wildman–Crippen LogP) is 2.70. The first-order valence-electron chi connectivity index (χ1n) is 10.9. The number of aromatic nitrogens is 2. The molecule has 1 aliphatic rings.